The molecule has 0 saturated heterocycles. The molecule has 0 aliphatic heterocycles. The average Bonchev–Trinajstić information content (AvgIpc) is 2.26. The fraction of sp³-hybridized carbons (Fsp3) is 0.667. The van der Waals surface area contributed by atoms with Crippen LogP contribution in [0, 0.1) is 0 Å². The highest BCUT2D eigenvalue weighted by molar-refractivity contribution is 5.12. The van der Waals surface area contributed by atoms with Crippen LogP contribution in [0.4, 0.5) is 0 Å². The van der Waals surface area contributed by atoms with Crippen LogP contribution in [0.25, 0.3) is 0 Å². The van der Waals surface area contributed by atoms with Gasteiger partial charge >= 0.3 is 0 Å². The van der Waals surface area contributed by atoms with Crippen molar-refractivity contribution < 1.29 is 4.74 Å². The highest BCUT2D eigenvalue weighted by atomic mass is 16.5. The van der Waals surface area contributed by atoms with E-state index in [0.717, 1.165) is 38.0 Å². The normalized spacial score (nSPS) is 15.8. The van der Waals surface area contributed by atoms with E-state index in [1.54, 1.807) is 0 Å². The smallest absolute Gasteiger partial charge is 0.233 e. The Kier molecular flexibility index (Phi) is 4.10. The van der Waals surface area contributed by atoms with Gasteiger partial charge in [0.25, 0.3) is 0 Å². The summed E-state index contributed by atoms with van der Waals surface area (Å²) in [4.78, 5) is 0. The molecule has 2 rings (SSSR count). The van der Waals surface area contributed by atoms with Crippen molar-refractivity contribution in [3.05, 3.63) is 17.8 Å². The molecule has 1 aromatic heterocycles. The van der Waals surface area contributed by atoms with Crippen LogP contribution in [0.15, 0.2) is 12.1 Å². The number of nitrogens with one attached hydrogen (secondary N) is 1. The maximum absolute atomic E-state index is 5.64. The first-order valence-corrected chi connectivity index (χ1v) is 6.08. The maximum Gasteiger partial charge on any atom is 0.233 e. The van der Waals surface area contributed by atoms with Crippen LogP contribution in [0.5, 0.6) is 5.88 Å². The summed E-state index contributed by atoms with van der Waals surface area (Å²) in [5.41, 5.74) is 0.967. The third-order valence-electron chi connectivity index (χ3n) is 2.77. The summed E-state index contributed by atoms with van der Waals surface area (Å²) in [6, 6.07) is 3.89. The second-order valence-corrected chi connectivity index (χ2v) is 4.21. The van der Waals surface area contributed by atoms with Gasteiger partial charge in [-0.3, -0.25) is 0 Å². The van der Waals surface area contributed by atoms with Gasteiger partial charge in [0.05, 0.1) is 5.69 Å². The van der Waals surface area contributed by atoms with Gasteiger partial charge in [0.1, 0.15) is 6.10 Å². The number of aromatic nitrogens is 2. The SMILES string of the molecule is CCCNCc1ccc(OC2CCC2)nn1. The van der Waals surface area contributed by atoms with Crippen molar-refractivity contribution in [2.24, 2.45) is 0 Å². The fourth-order valence-corrected chi connectivity index (χ4v) is 1.56. The van der Waals surface area contributed by atoms with E-state index in [0.29, 0.717) is 12.0 Å². The number of hydrogen-bond acceptors (Lipinski definition) is 4. The Hall–Kier alpha value is -1.16. The van der Waals surface area contributed by atoms with Crippen LogP contribution in [0.2, 0.25) is 0 Å². The van der Waals surface area contributed by atoms with Crippen molar-refractivity contribution in [1.82, 2.24) is 15.5 Å². The highest BCUT2D eigenvalue weighted by Gasteiger charge is 2.19. The third kappa shape index (κ3) is 3.17. The summed E-state index contributed by atoms with van der Waals surface area (Å²) >= 11 is 0. The third-order valence-corrected chi connectivity index (χ3v) is 2.77. The molecule has 88 valence electrons. The summed E-state index contributed by atoms with van der Waals surface area (Å²) in [5.74, 6) is 0.656. The van der Waals surface area contributed by atoms with E-state index in [4.69, 9.17) is 4.74 Å². The molecular weight excluding hydrogens is 202 g/mol. The first-order chi connectivity index (χ1) is 7.88. The van der Waals surface area contributed by atoms with Gasteiger partial charge < -0.3 is 10.1 Å². The van der Waals surface area contributed by atoms with Gasteiger partial charge in [0.2, 0.25) is 5.88 Å². The van der Waals surface area contributed by atoms with Crippen molar-refractivity contribution in [1.29, 1.82) is 0 Å². The minimum atomic E-state index is 0.373. The molecule has 1 heterocycles. The molecule has 1 saturated carbocycles. The van der Waals surface area contributed by atoms with Gasteiger partial charge in [0, 0.05) is 12.6 Å². The summed E-state index contributed by atoms with van der Waals surface area (Å²) in [6.45, 7) is 3.95. The largest absolute Gasteiger partial charge is 0.473 e. The molecule has 4 heteroatoms. The topological polar surface area (TPSA) is 47.0 Å². The van der Waals surface area contributed by atoms with Crippen molar-refractivity contribution in [2.45, 2.75) is 45.3 Å². The van der Waals surface area contributed by atoms with Crippen LogP contribution >= 0.6 is 0 Å². The summed E-state index contributed by atoms with van der Waals surface area (Å²) in [6.07, 6.45) is 5.09. The van der Waals surface area contributed by atoms with Crippen molar-refractivity contribution in [2.75, 3.05) is 6.54 Å². The Morgan fingerprint density at radius 2 is 2.25 bits per heavy atom. The molecule has 0 unspecified atom stereocenters. The van der Waals surface area contributed by atoms with E-state index in [-0.39, 0.29) is 0 Å². The fourth-order valence-electron chi connectivity index (χ4n) is 1.56. The Balaban J connectivity index is 1.78. The van der Waals surface area contributed by atoms with E-state index < -0.39 is 0 Å². The van der Waals surface area contributed by atoms with Gasteiger partial charge in [-0.25, -0.2) is 0 Å². The molecule has 1 aliphatic carbocycles. The first kappa shape index (κ1) is 11.3. The Morgan fingerprint density at radius 3 is 2.81 bits per heavy atom. The molecule has 0 bridgehead atoms. The van der Waals surface area contributed by atoms with Crippen molar-refractivity contribution in [3.8, 4) is 5.88 Å². The molecule has 0 amide bonds. The van der Waals surface area contributed by atoms with Crippen molar-refractivity contribution >= 4 is 0 Å². The predicted molar refractivity (Wildman–Crippen MR) is 62.3 cm³/mol. The molecule has 0 spiro atoms. The molecule has 0 aromatic carbocycles. The molecule has 16 heavy (non-hydrogen) atoms. The number of rotatable bonds is 6. The average molecular weight is 221 g/mol. The maximum atomic E-state index is 5.64. The standard InChI is InChI=1S/C12H19N3O/c1-2-8-13-9-10-6-7-12(15-14-10)16-11-4-3-5-11/h6-7,11,13H,2-5,8-9H2,1H3. The van der Waals surface area contributed by atoms with E-state index in [1.807, 2.05) is 12.1 Å². The van der Waals surface area contributed by atoms with Gasteiger partial charge in [-0.05, 0) is 38.3 Å². The van der Waals surface area contributed by atoms with Gasteiger partial charge in [-0.1, -0.05) is 6.92 Å². The summed E-state index contributed by atoms with van der Waals surface area (Å²) < 4.78 is 5.64. The highest BCUT2D eigenvalue weighted by Crippen LogP contribution is 2.23. The molecule has 1 fully saturated rings. The van der Waals surface area contributed by atoms with Crippen LogP contribution in [0.3, 0.4) is 0 Å². The first-order valence-electron chi connectivity index (χ1n) is 6.08. The van der Waals surface area contributed by atoms with Crippen LogP contribution in [-0.2, 0) is 6.54 Å². The van der Waals surface area contributed by atoms with Gasteiger partial charge in [-0.15, -0.1) is 5.10 Å². The zero-order valence-corrected chi connectivity index (χ0v) is 9.78. The van der Waals surface area contributed by atoms with E-state index in [9.17, 15) is 0 Å². The van der Waals surface area contributed by atoms with Gasteiger partial charge in [-0.2, -0.15) is 5.10 Å². The lowest BCUT2D eigenvalue weighted by Crippen LogP contribution is -2.25. The lowest BCUT2D eigenvalue weighted by molar-refractivity contribution is 0.113. The number of hydrogen-bond donors (Lipinski definition) is 1. The van der Waals surface area contributed by atoms with E-state index >= 15 is 0 Å². The van der Waals surface area contributed by atoms with Crippen LogP contribution in [0.1, 0.15) is 38.3 Å². The lowest BCUT2D eigenvalue weighted by atomic mass is 9.96. The molecule has 4 nitrogen and oxygen atoms in total. The zero-order chi connectivity index (χ0) is 11.2. The Morgan fingerprint density at radius 1 is 1.38 bits per heavy atom. The molecule has 1 aliphatic rings. The Labute approximate surface area is 96.4 Å². The summed E-state index contributed by atoms with van der Waals surface area (Å²) in [7, 11) is 0. The minimum absolute atomic E-state index is 0.373. The molecule has 1 N–H and O–H groups in total. The Bertz CT molecular complexity index is 309. The lowest BCUT2D eigenvalue weighted by Gasteiger charge is -2.25. The van der Waals surface area contributed by atoms with E-state index in [2.05, 4.69) is 22.4 Å². The summed E-state index contributed by atoms with van der Waals surface area (Å²) in [5, 5.41) is 11.5. The van der Waals surface area contributed by atoms with Crippen molar-refractivity contribution in [3.63, 3.8) is 0 Å². The van der Waals surface area contributed by atoms with Gasteiger partial charge in [0.15, 0.2) is 0 Å². The molecule has 0 atom stereocenters. The quantitative estimate of drug-likeness (QED) is 0.745. The number of ether oxygens (including phenoxy) is 1. The van der Waals surface area contributed by atoms with E-state index in [1.165, 1.54) is 6.42 Å². The van der Waals surface area contributed by atoms with Crippen LogP contribution < -0.4 is 10.1 Å². The second-order valence-electron chi connectivity index (χ2n) is 4.21. The monoisotopic (exact) mass is 221 g/mol. The molecule has 1 aromatic rings. The predicted octanol–water partition coefficient (Wildman–Crippen LogP) is 1.91. The molecule has 0 radical (unpaired) electrons. The minimum Gasteiger partial charge on any atom is -0.473 e. The number of nitrogens with zero attached hydrogens (tertiary/aromatic N) is 2. The molecular formula is C12H19N3O. The van der Waals surface area contributed by atoms with Crippen LogP contribution in [-0.4, -0.2) is 22.8 Å². The second kappa shape index (κ2) is 5.80. The zero-order valence-electron chi connectivity index (χ0n) is 9.78.